The van der Waals surface area contributed by atoms with Crippen molar-refractivity contribution in [2.24, 2.45) is 0 Å². The molecule has 1 atom stereocenters. The first-order valence-electron chi connectivity index (χ1n) is 6.58. The molecule has 1 aromatic rings. The summed E-state index contributed by atoms with van der Waals surface area (Å²) >= 11 is 1.25. The maximum atomic E-state index is 12.1. The Hall–Kier alpha value is -1.38. The van der Waals surface area contributed by atoms with Gasteiger partial charge in [-0.15, -0.1) is 0 Å². The first-order chi connectivity index (χ1) is 9.70. The molecule has 1 aliphatic rings. The van der Waals surface area contributed by atoms with Crippen molar-refractivity contribution in [2.75, 3.05) is 44.5 Å². The molecule has 0 bridgehead atoms. The Kier molecular flexibility index (Phi) is 5.57. The van der Waals surface area contributed by atoms with Crippen LogP contribution >= 0.6 is 11.3 Å². The predicted octanol–water partition coefficient (Wildman–Crippen LogP) is 0.692. The minimum absolute atomic E-state index is 0.0580. The van der Waals surface area contributed by atoms with Gasteiger partial charge in [0.2, 0.25) is 0 Å². The largest absolute Gasteiger partial charge is 0.383 e. The van der Waals surface area contributed by atoms with Gasteiger partial charge in [0, 0.05) is 20.3 Å². The number of nitrogens with two attached hydrogens (primary N) is 1. The van der Waals surface area contributed by atoms with Crippen molar-refractivity contribution in [1.82, 2.24) is 10.3 Å². The number of aromatic nitrogens is 1. The Bertz CT molecular complexity index is 446. The fourth-order valence-electron chi connectivity index (χ4n) is 1.94. The molecule has 0 aromatic carbocycles. The molecule has 2 rings (SSSR count). The molecule has 4 N–H and O–H groups in total. The minimum atomic E-state index is -0.185. The summed E-state index contributed by atoms with van der Waals surface area (Å²) in [5.74, 6) is 0.0689. The molecule has 0 aliphatic carbocycles. The smallest absolute Gasteiger partial charge is 0.265 e. The highest BCUT2D eigenvalue weighted by molar-refractivity contribution is 7.18. The number of hydrogen-bond acceptors (Lipinski definition) is 7. The molecular formula is C12H20N4O3S. The zero-order chi connectivity index (χ0) is 14.4. The van der Waals surface area contributed by atoms with E-state index < -0.39 is 0 Å². The van der Waals surface area contributed by atoms with Crippen molar-refractivity contribution >= 4 is 28.2 Å². The fourth-order valence-corrected chi connectivity index (χ4v) is 2.75. The van der Waals surface area contributed by atoms with Crippen LogP contribution in [-0.4, -0.2) is 50.4 Å². The maximum absolute atomic E-state index is 12.1. The summed E-state index contributed by atoms with van der Waals surface area (Å²) < 4.78 is 10.3. The van der Waals surface area contributed by atoms with Crippen LogP contribution in [0.25, 0.3) is 0 Å². The number of hydrogen-bond donors (Lipinski definition) is 3. The molecule has 0 radical (unpaired) electrons. The Morgan fingerprint density at radius 1 is 1.65 bits per heavy atom. The first kappa shape index (κ1) is 15.0. The van der Waals surface area contributed by atoms with Crippen LogP contribution in [-0.2, 0) is 9.47 Å². The molecule has 1 aromatic heterocycles. The zero-order valence-electron chi connectivity index (χ0n) is 11.5. The topological polar surface area (TPSA) is 98.5 Å². The molecule has 1 amide bonds. The molecule has 1 unspecified atom stereocenters. The van der Waals surface area contributed by atoms with Crippen molar-refractivity contribution in [3.8, 4) is 0 Å². The van der Waals surface area contributed by atoms with Crippen LogP contribution < -0.4 is 16.4 Å². The quantitative estimate of drug-likeness (QED) is 0.669. The lowest BCUT2D eigenvalue weighted by Gasteiger charge is -2.22. The average Bonchev–Trinajstić information content (AvgIpc) is 2.81. The molecule has 20 heavy (non-hydrogen) atoms. The summed E-state index contributed by atoms with van der Waals surface area (Å²) in [7, 11) is 1.63. The molecule has 1 saturated heterocycles. The van der Waals surface area contributed by atoms with Crippen molar-refractivity contribution < 1.29 is 14.3 Å². The van der Waals surface area contributed by atoms with Gasteiger partial charge in [-0.05, 0) is 12.8 Å². The number of rotatable bonds is 6. The summed E-state index contributed by atoms with van der Waals surface area (Å²) in [4.78, 5) is 16.7. The van der Waals surface area contributed by atoms with Crippen LogP contribution in [0.2, 0.25) is 0 Å². The van der Waals surface area contributed by atoms with Crippen LogP contribution in [0.4, 0.5) is 10.9 Å². The number of ether oxygens (including phenoxy) is 2. The Labute approximate surface area is 121 Å². The average molecular weight is 300 g/mol. The second kappa shape index (κ2) is 7.41. The van der Waals surface area contributed by atoms with E-state index in [0.29, 0.717) is 29.8 Å². The molecule has 7 nitrogen and oxygen atoms in total. The lowest BCUT2D eigenvalue weighted by Crippen LogP contribution is -2.40. The Balaban J connectivity index is 1.91. The summed E-state index contributed by atoms with van der Waals surface area (Å²) in [6, 6.07) is 0.0580. The van der Waals surface area contributed by atoms with Crippen molar-refractivity contribution in [3.63, 3.8) is 0 Å². The van der Waals surface area contributed by atoms with Crippen molar-refractivity contribution in [3.05, 3.63) is 4.88 Å². The summed E-state index contributed by atoms with van der Waals surface area (Å²) in [5.41, 5.74) is 5.79. The Morgan fingerprint density at radius 2 is 2.50 bits per heavy atom. The first-order valence-corrected chi connectivity index (χ1v) is 7.40. The van der Waals surface area contributed by atoms with Gasteiger partial charge in [-0.1, -0.05) is 11.3 Å². The molecule has 1 aliphatic heterocycles. The summed E-state index contributed by atoms with van der Waals surface area (Å²) in [5, 5.41) is 6.62. The lowest BCUT2D eigenvalue weighted by molar-refractivity contribution is 0.0626. The molecule has 112 valence electrons. The number of nitrogen functional groups attached to an aromatic ring is 1. The van der Waals surface area contributed by atoms with E-state index in [9.17, 15) is 4.79 Å². The van der Waals surface area contributed by atoms with Crippen LogP contribution in [0.3, 0.4) is 0 Å². The summed E-state index contributed by atoms with van der Waals surface area (Å²) in [6.45, 7) is 2.52. The molecule has 0 saturated carbocycles. The van der Waals surface area contributed by atoms with Gasteiger partial charge in [0.05, 0.1) is 19.3 Å². The van der Waals surface area contributed by atoms with Crippen LogP contribution in [0.1, 0.15) is 22.5 Å². The van der Waals surface area contributed by atoms with Crippen molar-refractivity contribution in [2.45, 2.75) is 18.9 Å². The molecule has 8 heteroatoms. The van der Waals surface area contributed by atoms with Crippen molar-refractivity contribution in [1.29, 1.82) is 0 Å². The van der Waals surface area contributed by atoms with Gasteiger partial charge in [0.25, 0.3) is 5.91 Å². The number of thiazole rings is 1. The third-order valence-corrected chi connectivity index (χ3v) is 3.97. The number of carbonyl (C=O) groups excluding carboxylic acids is 1. The van der Waals surface area contributed by atoms with E-state index >= 15 is 0 Å². The second-order valence-corrected chi connectivity index (χ2v) is 5.54. The maximum Gasteiger partial charge on any atom is 0.265 e. The lowest BCUT2D eigenvalue weighted by atomic mass is 10.1. The highest BCUT2D eigenvalue weighted by Crippen LogP contribution is 2.25. The highest BCUT2D eigenvalue weighted by Gasteiger charge is 2.21. The normalized spacial score (nSPS) is 18.8. The predicted molar refractivity (Wildman–Crippen MR) is 78.2 cm³/mol. The SMILES string of the molecule is COCCNc1nc(N)c(C(=O)NC2CCCOC2)s1. The monoisotopic (exact) mass is 300 g/mol. The summed E-state index contributed by atoms with van der Waals surface area (Å²) in [6.07, 6.45) is 1.90. The van der Waals surface area contributed by atoms with Gasteiger partial charge in [0.15, 0.2) is 5.13 Å². The Morgan fingerprint density at radius 3 is 3.20 bits per heavy atom. The number of anilines is 2. The highest BCUT2D eigenvalue weighted by atomic mass is 32.1. The van der Waals surface area contributed by atoms with E-state index in [0.717, 1.165) is 19.4 Å². The van der Waals surface area contributed by atoms with E-state index in [2.05, 4.69) is 15.6 Å². The fraction of sp³-hybridized carbons (Fsp3) is 0.667. The molecular weight excluding hydrogens is 280 g/mol. The number of methoxy groups -OCH3 is 1. The van der Waals surface area contributed by atoms with E-state index in [1.807, 2.05) is 0 Å². The van der Waals surface area contributed by atoms with Crippen LogP contribution in [0.5, 0.6) is 0 Å². The van der Waals surface area contributed by atoms with Gasteiger partial charge in [-0.25, -0.2) is 4.98 Å². The number of nitrogens with one attached hydrogen (secondary N) is 2. The van der Waals surface area contributed by atoms with Crippen LogP contribution in [0, 0.1) is 0 Å². The zero-order valence-corrected chi connectivity index (χ0v) is 12.3. The van der Waals surface area contributed by atoms with E-state index in [1.54, 1.807) is 7.11 Å². The van der Waals surface area contributed by atoms with Gasteiger partial charge >= 0.3 is 0 Å². The van der Waals surface area contributed by atoms with Gasteiger partial charge < -0.3 is 25.8 Å². The number of nitrogens with zero attached hydrogens (tertiary/aromatic N) is 1. The minimum Gasteiger partial charge on any atom is -0.383 e. The van der Waals surface area contributed by atoms with Gasteiger partial charge in [-0.2, -0.15) is 0 Å². The third kappa shape index (κ3) is 4.06. The number of carbonyl (C=O) groups is 1. The standard InChI is InChI=1S/C12H20N4O3S/c1-18-6-4-14-12-16-10(13)9(20-12)11(17)15-8-3-2-5-19-7-8/h8H,2-7,13H2,1H3,(H,14,16)(H,15,17). The third-order valence-electron chi connectivity index (χ3n) is 2.94. The second-order valence-electron chi connectivity index (χ2n) is 4.54. The van der Waals surface area contributed by atoms with Gasteiger partial charge in [0.1, 0.15) is 10.7 Å². The van der Waals surface area contributed by atoms with E-state index in [1.165, 1.54) is 11.3 Å². The molecule has 2 heterocycles. The van der Waals surface area contributed by atoms with E-state index in [-0.39, 0.29) is 17.8 Å². The van der Waals surface area contributed by atoms with E-state index in [4.69, 9.17) is 15.2 Å². The number of amides is 1. The van der Waals surface area contributed by atoms with Gasteiger partial charge in [-0.3, -0.25) is 4.79 Å². The van der Waals surface area contributed by atoms with Crippen LogP contribution in [0.15, 0.2) is 0 Å². The molecule has 0 spiro atoms. The molecule has 1 fully saturated rings.